The molecule has 38 heavy (non-hydrogen) atoms. The molecule has 4 heterocycles. The number of ether oxygens (including phenoxy) is 1. The molecule has 3 aromatic rings. The van der Waals surface area contributed by atoms with Gasteiger partial charge in [-0.1, -0.05) is 6.07 Å². The normalized spacial score (nSPS) is 21.1. The number of rotatable bonds is 6. The maximum atomic E-state index is 14.9. The van der Waals surface area contributed by atoms with Crippen molar-refractivity contribution >= 4 is 23.2 Å². The third-order valence-corrected chi connectivity index (χ3v) is 7.67. The number of pyridine rings is 2. The van der Waals surface area contributed by atoms with Gasteiger partial charge in [-0.15, -0.1) is 0 Å². The number of methoxy groups -OCH3 is 1. The molecule has 2 aromatic heterocycles. The summed E-state index contributed by atoms with van der Waals surface area (Å²) in [5, 5.41) is 17.3. The van der Waals surface area contributed by atoms with E-state index in [4.69, 9.17) is 9.72 Å². The van der Waals surface area contributed by atoms with Crippen LogP contribution in [0.1, 0.15) is 35.2 Å². The van der Waals surface area contributed by atoms with Crippen LogP contribution < -0.4 is 25.2 Å². The molecule has 0 radical (unpaired) electrons. The minimum absolute atomic E-state index is 0.0878. The van der Waals surface area contributed by atoms with Crippen molar-refractivity contribution in [1.29, 1.82) is 0 Å². The number of nitrogens with one attached hydrogen (secondary N) is 2. The lowest BCUT2D eigenvalue weighted by molar-refractivity contribution is 0.0996. The molecule has 1 saturated heterocycles. The molecule has 3 aliphatic rings. The lowest BCUT2D eigenvalue weighted by Crippen LogP contribution is -2.44. The van der Waals surface area contributed by atoms with Crippen LogP contribution in [0.25, 0.3) is 11.3 Å². The van der Waals surface area contributed by atoms with E-state index in [2.05, 4.69) is 20.5 Å². The Morgan fingerprint density at radius 1 is 1.16 bits per heavy atom. The van der Waals surface area contributed by atoms with E-state index in [0.29, 0.717) is 34.2 Å². The number of aliphatic hydroxyl groups is 1. The summed E-state index contributed by atoms with van der Waals surface area (Å²) in [6, 6.07) is 10.0. The topological polar surface area (TPSA) is 103 Å². The van der Waals surface area contributed by atoms with E-state index in [9.17, 15) is 14.3 Å². The second-order valence-corrected chi connectivity index (χ2v) is 9.92. The molecule has 2 atom stereocenters. The molecule has 1 amide bonds. The number of carbonyl (C=O) groups excluding carboxylic acids is 1. The highest BCUT2D eigenvalue weighted by Crippen LogP contribution is 2.39. The van der Waals surface area contributed by atoms with Crippen molar-refractivity contribution in [2.75, 3.05) is 48.4 Å². The fraction of sp³-hybridized carbons (Fsp3) is 0.393. The molecule has 1 saturated carbocycles. The number of amides is 1. The van der Waals surface area contributed by atoms with Crippen LogP contribution >= 0.6 is 0 Å². The van der Waals surface area contributed by atoms with Crippen molar-refractivity contribution < 1.29 is 19.0 Å². The van der Waals surface area contributed by atoms with Crippen LogP contribution in [0.5, 0.6) is 5.75 Å². The van der Waals surface area contributed by atoms with Crippen LogP contribution in [0.15, 0.2) is 42.6 Å². The molecule has 1 aliphatic carbocycles. The van der Waals surface area contributed by atoms with Gasteiger partial charge in [0.05, 0.1) is 42.7 Å². The Morgan fingerprint density at radius 2 is 2.00 bits per heavy atom. The summed E-state index contributed by atoms with van der Waals surface area (Å²) < 4.78 is 20.3. The van der Waals surface area contributed by atoms with Gasteiger partial charge in [-0.25, -0.2) is 9.37 Å². The number of nitrogens with zero attached hydrogens (tertiary/aromatic N) is 4. The van der Waals surface area contributed by atoms with Crippen LogP contribution in [0, 0.1) is 5.82 Å². The Hall–Kier alpha value is -3.76. The van der Waals surface area contributed by atoms with E-state index in [0.717, 1.165) is 51.1 Å². The first-order chi connectivity index (χ1) is 18.5. The number of carbonyl (C=O) groups is 1. The van der Waals surface area contributed by atoms with Crippen molar-refractivity contribution in [2.24, 2.45) is 0 Å². The number of benzene rings is 1. The first-order valence-electron chi connectivity index (χ1n) is 13.1. The monoisotopic (exact) mass is 518 g/mol. The van der Waals surface area contributed by atoms with Gasteiger partial charge in [0.15, 0.2) is 5.82 Å². The second kappa shape index (κ2) is 10.2. The fourth-order valence-corrected chi connectivity index (χ4v) is 5.68. The van der Waals surface area contributed by atoms with Gasteiger partial charge in [0, 0.05) is 43.5 Å². The van der Waals surface area contributed by atoms with Crippen molar-refractivity contribution in [3.05, 3.63) is 59.5 Å². The smallest absolute Gasteiger partial charge is 0.260 e. The summed E-state index contributed by atoms with van der Waals surface area (Å²) in [5.74, 6) is 0.834. The standard InChI is InChI=1S/C28H31FN6O3/c1-38-23-7-2-4-19(29)25(23)26-18-16-35(28(37)17(18)10-11-31-26)24-9-8-21(34-14-12-30-13-15-34)27(33-24)32-20-5-3-6-22(20)36/h2,4,7-11,20,22,30,36H,3,5-6,12-16H2,1H3,(H,32,33)/t20-,22+/m1/s1. The zero-order valence-corrected chi connectivity index (χ0v) is 21.3. The van der Waals surface area contributed by atoms with E-state index in [-0.39, 0.29) is 24.1 Å². The van der Waals surface area contributed by atoms with Crippen LogP contribution in [-0.4, -0.2) is 66.4 Å². The Kier molecular flexibility index (Phi) is 6.59. The molecule has 9 nitrogen and oxygen atoms in total. The Labute approximate surface area is 220 Å². The molecule has 6 rings (SSSR count). The highest BCUT2D eigenvalue weighted by Gasteiger charge is 2.34. The van der Waals surface area contributed by atoms with Gasteiger partial charge in [-0.2, -0.15) is 0 Å². The Bertz CT molecular complexity index is 1360. The molecular weight excluding hydrogens is 487 g/mol. The quantitative estimate of drug-likeness (QED) is 0.457. The maximum absolute atomic E-state index is 14.9. The van der Waals surface area contributed by atoms with Crippen LogP contribution in [-0.2, 0) is 6.54 Å². The largest absolute Gasteiger partial charge is 0.496 e. The number of anilines is 3. The maximum Gasteiger partial charge on any atom is 0.260 e. The lowest BCUT2D eigenvalue weighted by Gasteiger charge is -2.32. The van der Waals surface area contributed by atoms with Gasteiger partial charge in [0.2, 0.25) is 0 Å². The zero-order chi connectivity index (χ0) is 26.2. The van der Waals surface area contributed by atoms with Crippen molar-refractivity contribution in [2.45, 2.75) is 38.0 Å². The predicted octanol–water partition coefficient (Wildman–Crippen LogP) is 3.19. The molecule has 1 aromatic carbocycles. The highest BCUT2D eigenvalue weighted by atomic mass is 19.1. The van der Waals surface area contributed by atoms with Crippen molar-refractivity contribution in [3.63, 3.8) is 0 Å². The fourth-order valence-electron chi connectivity index (χ4n) is 5.68. The van der Waals surface area contributed by atoms with Crippen LogP contribution in [0.4, 0.5) is 21.7 Å². The van der Waals surface area contributed by atoms with Gasteiger partial charge in [0.25, 0.3) is 5.91 Å². The summed E-state index contributed by atoms with van der Waals surface area (Å²) in [4.78, 5) is 26.8. The second-order valence-electron chi connectivity index (χ2n) is 9.92. The summed E-state index contributed by atoms with van der Waals surface area (Å²) >= 11 is 0. The molecule has 0 spiro atoms. The predicted molar refractivity (Wildman–Crippen MR) is 143 cm³/mol. The van der Waals surface area contributed by atoms with E-state index in [1.54, 1.807) is 23.1 Å². The Balaban J connectivity index is 1.37. The number of hydrogen-bond acceptors (Lipinski definition) is 8. The summed E-state index contributed by atoms with van der Waals surface area (Å²) in [7, 11) is 1.48. The number of hydrogen-bond donors (Lipinski definition) is 3. The third-order valence-electron chi connectivity index (χ3n) is 7.67. The van der Waals surface area contributed by atoms with E-state index >= 15 is 0 Å². The molecule has 2 fully saturated rings. The molecule has 0 bridgehead atoms. The summed E-state index contributed by atoms with van der Waals surface area (Å²) in [5.41, 5.74) is 2.68. The zero-order valence-electron chi connectivity index (χ0n) is 21.3. The lowest BCUT2D eigenvalue weighted by atomic mass is 10.0. The summed E-state index contributed by atoms with van der Waals surface area (Å²) in [6.45, 7) is 3.65. The third kappa shape index (κ3) is 4.33. The molecular formula is C28H31FN6O3. The Morgan fingerprint density at radius 3 is 2.76 bits per heavy atom. The van der Waals surface area contributed by atoms with Gasteiger partial charge in [0.1, 0.15) is 17.4 Å². The minimum Gasteiger partial charge on any atom is -0.496 e. The molecule has 3 N–H and O–H groups in total. The van der Waals surface area contributed by atoms with Crippen LogP contribution in [0.2, 0.25) is 0 Å². The van der Waals surface area contributed by atoms with E-state index in [1.165, 1.54) is 19.4 Å². The first kappa shape index (κ1) is 24.6. The van der Waals surface area contributed by atoms with Gasteiger partial charge < -0.3 is 25.4 Å². The average Bonchev–Trinajstić information content (AvgIpc) is 3.51. The molecule has 10 heteroatoms. The van der Waals surface area contributed by atoms with Crippen molar-refractivity contribution in [1.82, 2.24) is 15.3 Å². The van der Waals surface area contributed by atoms with E-state index < -0.39 is 11.9 Å². The molecule has 0 unspecified atom stereocenters. The van der Waals surface area contributed by atoms with Gasteiger partial charge >= 0.3 is 0 Å². The average molecular weight is 519 g/mol. The molecule has 198 valence electrons. The number of piperazine rings is 1. The van der Waals surface area contributed by atoms with E-state index in [1.807, 2.05) is 12.1 Å². The van der Waals surface area contributed by atoms with Crippen LogP contribution in [0.3, 0.4) is 0 Å². The van der Waals surface area contributed by atoms with Crippen molar-refractivity contribution in [3.8, 4) is 17.0 Å². The van der Waals surface area contributed by atoms with Gasteiger partial charge in [-0.05, 0) is 49.6 Å². The van der Waals surface area contributed by atoms with Gasteiger partial charge in [-0.3, -0.25) is 14.7 Å². The number of aliphatic hydroxyl groups excluding tert-OH is 1. The highest BCUT2D eigenvalue weighted by molar-refractivity contribution is 6.10. The summed E-state index contributed by atoms with van der Waals surface area (Å²) in [6.07, 6.45) is 3.67. The SMILES string of the molecule is COc1cccc(F)c1-c1nccc2c1CN(c1ccc(N3CCNCC3)c(N[C@@H]3CCC[C@@H]3O)n1)C2=O. The first-order valence-corrected chi connectivity index (χ1v) is 13.1. The minimum atomic E-state index is -0.462. The molecule has 2 aliphatic heterocycles. The number of aromatic nitrogens is 2. The number of halogens is 1. The number of fused-ring (bicyclic) bond motifs is 1.